The Morgan fingerprint density at radius 2 is 2.00 bits per heavy atom. The SMILES string of the molecule is CCOC(=O)CNC(=O)Cn1ccc2ccccc2c1=O. The third kappa shape index (κ3) is 3.68. The summed E-state index contributed by atoms with van der Waals surface area (Å²) in [5.74, 6) is -0.919. The number of nitrogens with one attached hydrogen (secondary N) is 1. The molecule has 0 aliphatic rings. The molecule has 0 radical (unpaired) electrons. The van der Waals surface area contributed by atoms with Gasteiger partial charge in [0.05, 0.1) is 6.61 Å². The summed E-state index contributed by atoms with van der Waals surface area (Å²) in [6, 6.07) is 8.94. The lowest BCUT2D eigenvalue weighted by Crippen LogP contribution is -2.35. The summed E-state index contributed by atoms with van der Waals surface area (Å²) in [6.45, 7) is 1.62. The van der Waals surface area contributed by atoms with Gasteiger partial charge in [-0.2, -0.15) is 0 Å². The summed E-state index contributed by atoms with van der Waals surface area (Å²) < 4.78 is 6.01. The minimum atomic E-state index is -0.503. The molecule has 0 aliphatic carbocycles. The molecule has 0 fully saturated rings. The van der Waals surface area contributed by atoms with Crippen LogP contribution in [0.2, 0.25) is 0 Å². The fourth-order valence-electron chi connectivity index (χ4n) is 1.95. The fourth-order valence-corrected chi connectivity index (χ4v) is 1.95. The van der Waals surface area contributed by atoms with Gasteiger partial charge in [-0.3, -0.25) is 14.4 Å². The van der Waals surface area contributed by atoms with Crippen molar-refractivity contribution >= 4 is 22.6 Å². The number of carbonyl (C=O) groups excluding carboxylic acids is 2. The highest BCUT2D eigenvalue weighted by molar-refractivity contribution is 5.83. The number of hydrogen-bond acceptors (Lipinski definition) is 4. The molecule has 1 aromatic heterocycles. The summed E-state index contributed by atoms with van der Waals surface area (Å²) in [5.41, 5.74) is -0.237. The molecule has 0 bridgehead atoms. The molecule has 0 saturated heterocycles. The Labute approximate surface area is 121 Å². The van der Waals surface area contributed by atoms with Gasteiger partial charge in [-0.1, -0.05) is 18.2 Å². The van der Waals surface area contributed by atoms with Gasteiger partial charge in [0.1, 0.15) is 13.1 Å². The van der Waals surface area contributed by atoms with E-state index in [2.05, 4.69) is 5.32 Å². The normalized spacial score (nSPS) is 10.3. The number of ether oxygens (including phenoxy) is 1. The van der Waals surface area contributed by atoms with Gasteiger partial charge in [-0.05, 0) is 24.4 Å². The van der Waals surface area contributed by atoms with Crippen LogP contribution >= 0.6 is 0 Å². The van der Waals surface area contributed by atoms with E-state index < -0.39 is 11.9 Å². The molecule has 1 heterocycles. The third-order valence-electron chi connectivity index (χ3n) is 2.94. The predicted molar refractivity (Wildman–Crippen MR) is 77.9 cm³/mol. The molecule has 110 valence electrons. The number of rotatable bonds is 5. The first-order valence-corrected chi connectivity index (χ1v) is 6.62. The number of nitrogens with zero attached hydrogens (tertiary/aromatic N) is 1. The van der Waals surface area contributed by atoms with Crippen molar-refractivity contribution in [1.29, 1.82) is 0 Å². The molecule has 1 aromatic carbocycles. The van der Waals surface area contributed by atoms with E-state index >= 15 is 0 Å². The highest BCUT2D eigenvalue weighted by atomic mass is 16.5. The van der Waals surface area contributed by atoms with Crippen molar-refractivity contribution in [2.45, 2.75) is 13.5 Å². The molecule has 2 aromatic rings. The summed E-state index contributed by atoms with van der Waals surface area (Å²) in [7, 11) is 0. The van der Waals surface area contributed by atoms with Crippen LogP contribution in [0.15, 0.2) is 41.3 Å². The number of aromatic nitrogens is 1. The topological polar surface area (TPSA) is 77.4 Å². The van der Waals surface area contributed by atoms with Gasteiger partial charge in [0.2, 0.25) is 5.91 Å². The van der Waals surface area contributed by atoms with E-state index in [4.69, 9.17) is 4.74 Å². The van der Waals surface area contributed by atoms with E-state index in [-0.39, 0.29) is 25.3 Å². The van der Waals surface area contributed by atoms with Crippen LogP contribution in [0.4, 0.5) is 0 Å². The van der Waals surface area contributed by atoms with Gasteiger partial charge in [-0.15, -0.1) is 0 Å². The molecular weight excluding hydrogens is 272 g/mol. The van der Waals surface area contributed by atoms with Gasteiger partial charge in [0, 0.05) is 11.6 Å². The van der Waals surface area contributed by atoms with Crippen molar-refractivity contribution < 1.29 is 14.3 Å². The number of hydrogen-bond donors (Lipinski definition) is 1. The van der Waals surface area contributed by atoms with E-state index in [0.717, 1.165) is 5.39 Å². The lowest BCUT2D eigenvalue weighted by molar-refractivity contribution is -0.143. The van der Waals surface area contributed by atoms with Crippen molar-refractivity contribution in [3.63, 3.8) is 0 Å². The van der Waals surface area contributed by atoms with Crippen LogP contribution in [0.5, 0.6) is 0 Å². The lowest BCUT2D eigenvalue weighted by atomic mass is 10.2. The Balaban J connectivity index is 2.06. The number of benzene rings is 1. The Hall–Kier alpha value is -2.63. The molecule has 1 amide bonds. The van der Waals surface area contributed by atoms with Crippen LogP contribution in [-0.4, -0.2) is 29.6 Å². The maximum Gasteiger partial charge on any atom is 0.325 e. The molecule has 1 N–H and O–H groups in total. The Kier molecular flexibility index (Phi) is 4.71. The van der Waals surface area contributed by atoms with Gasteiger partial charge in [0.15, 0.2) is 0 Å². The number of fused-ring (bicyclic) bond motifs is 1. The summed E-state index contributed by atoms with van der Waals surface area (Å²) in [5, 5.41) is 3.80. The van der Waals surface area contributed by atoms with Crippen molar-refractivity contribution in [3.8, 4) is 0 Å². The smallest absolute Gasteiger partial charge is 0.325 e. The van der Waals surface area contributed by atoms with Crippen molar-refractivity contribution in [1.82, 2.24) is 9.88 Å². The summed E-state index contributed by atoms with van der Waals surface area (Å²) >= 11 is 0. The van der Waals surface area contributed by atoms with Crippen molar-refractivity contribution in [3.05, 3.63) is 46.9 Å². The highest BCUT2D eigenvalue weighted by Gasteiger charge is 2.09. The standard InChI is InChI=1S/C15H16N2O4/c1-2-21-14(19)9-16-13(18)10-17-8-7-11-5-3-4-6-12(11)15(17)20/h3-8H,2,9-10H2,1H3,(H,16,18). The maximum absolute atomic E-state index is 12.2. The molecule has 0 spiro atoms. The second-order valence-corrected chi connectivity index (χ2v) is 4.42. The monoisotopic (exact) mass is 288 g/mol. The first-order valence-electron chi connectivity index (χ1n) is 6.62. The number of amides is 1. The average molecular weight is 288 g/mol. The second-order valence-electron chi connectivity index (χ2n) is 4.42. The zero-order valence-corrected chi connectivity index (χ0v) is 11.7. The molecule has 0 saturated carbocycles. The van der Waals surface area contributed by atoms with Crippen LogP contribution < -0.4 is 10.9 Å². The number of pyridine rings is 1. The van der Waals surface area contributed by atoms with E-state index in [0.29, 0.717) is 5.39 Å². The zero-order valence-electron chi connectivity index (χ0n) is 11.7. The Morgan fingerprint density at radius 1 is 1.24 bits per heavy atom. The summed E-state index contributed by atoms with van der Waals surface area (Å²) in [6.07, 6.45) is 1.56. The van der Waals surface area contributed by atoms with Gasteiger partial charge in [0.25, 0.3) is 5.56 Å². The van der Waals surface area contributed by atoms with Crippen molar-refractivity contribution in [2.24, 2.45) is 0 Å². The summed E-state index contributed by atoms with van der Waals surface area (Å²) in [4.78, 5) is 35.1. The third-order valence-corrected chi connectivity index (χ3v) is 2.94. The first-order chi connectivity index (χ1) is 10.1. The van der Waals surface area contributed by atoms with E-state index in [1.54, 1.807) is 31.3 Å². The molecule has 0 aliphatic heterocycles. The predicted octanol–water partition coefficient (Wildman–Crippen LogP) is 0.681. The molecule has 21 heavy (non-hydrogen) atoms. The highest BCUT2D eigenvalue weighted by Crippen LogP contribution is 2.07. The number of carbonyl (C=O) groups is 2. The Bertz CT molecular complexity index is 721. The molecule has 2 rings (SSSR count). The van der Waals surface area contributed by atoms with Crippen molar-refractivity contribution in [2.75, 3.05) is 13.2 Å². The quantitative estimate of drug-likeness (QED) is 0.821. The van der Waals surface area contributed by atoms with Crippen LogP contribution in [-0.2, 0) is 20.9 Å². The average Bonchev–Trinajstić information content (AvgIpc) is 2.49. The van der Waals surface area contributed by atoms with Crippen LogP contribution in [0.1, 0.15) is 6.92 Å². The van der Waals surface area contributed by atoms with E-state index in [1.807, 2.05) is 12.1 Å². The largest absolute Gasteiger partial charge is 0.465 e. The maximum atomic E-state index is 12.2. The zero-order chi connectivity index (χ0) is 15.2. The number of esters is 1. The van der Waals surface area contributed by atoms with Crippen LogP contribution in [0.25, 0.3) is 10.8 Å². The van der Waals surface area contributed by atoms with Gasteiger partial charge < -0.3 is 14.6 Å². The van der Waals surface area contributed by atoms with Gasteiger partial charge in [-0.25, -0.2) is 0 Å². The molecule has 0 atom stereocenters. The molecular formula is C15H16N2O4. The Morgan fingerprint density at radius 3 is 2.76 bits per heavy atom. The van der Waals surface area contributed by atoms with Crippen LogP contribution in [0.3, 0.4) is 0 Å². The van der Waals surface area contributed by atoms with E-state index in [9.17, 15) is 14.4 Å². The second kappa shape index (κ2) is 6.69. The molecule has 6 nitrogen and oxygen atoms in total. The van der Waals surface area contributed by atoms with Gasteiger partial charge >= 0.3 is 5.97 Å². The van der Waals surface area contributed by atoms with E-state index in [1.165, 1.54) is 4.57 Å². The lowest BCUT2D eigenvalue weighted by Gasteiger charge is -2.08. The molecule has 6 heteroatoms. The minimum Gasteiger partial charge on any atom is -0.465 e. The minimum absolute atomic E-state index is 0.136. The fraction of sp³-hybridized carbons (Fsp3) is 0.267. The first kappa shape index (κ1) is 14.8. The van der Waals surface area contributed by atoms with Crippen LogP contribution in [0, 0.1) is 0 Å². The molecule has 0 unspecified atom stereocenters.